The molecule has 1 saturated heterocycles. The molecule has 1 N–H and O–H groups in total. The van der Waals surface area contributed by atoms with Gasteiger partial charge in [0.25, 0.3) is 0 Å². The van der Waals surface area contributed by atoms with Gasteiger partial charge in [0.1, 0.15) is 0 Å². The van der Waals surface area contributed by atoms with Gasteiger partial charge >= 0.3 is 0 Å². The van der Waals surface area contributed by atoms with Crippen LogP contribution in [0.3, 0.4) is 0 Å². The molecule has 82 valence electrons. The lowest BCUT2D eigenvalue weighted by atomic mass is 9.78. The number of nitrogens with zero attached hydrogens (tertiary/aromatic N) is 1. The van der Waals surface area contributed by atoms with Crippen molar-refractivity contribution in [2.24, 2.45) is 11.8 Å². The van der Waals surface area contributed by atoms with E-state index < -0.39 is 0 Å². The maximum Gasteiger partial charge on any atom is 0.0195 e. The molecule has 2 heteroatoms. The van der Waals surface area contributed by atoms with Crippen molar-refractivity contribution >= 4 is 0 Å². The van der Waals surface area contributed by atoms with Gasteiger partial charge in [-0.3, -0.25) is 4.90 Å². The number of hydrogen-bond donors (Lipinski definition) is 1. The maximum absolute atomic E-state index is 3.44. The molecule has 0 radical (unpaired) electrons. The highest BCUT2D eigenvalue weighted by molar-refractivity contribution is 4.91. The van der Waals surface area contributed by atoms with Crippen molar-refractivity contribution in [1.29, 1.82) is 0 Å². The van der Waals surface area contributed by atoms with E-state index in [1.807, 2.05) is 0 Å². The van der Waals surface area contributed by atoms with Gasteiger partial charge < -0.3 is 5.32 Å². The molecule has 1 aliphatic heterocycles. The normalized spacial score (nSPS) is 44.8. The Morgan fingerprint density at radius 3 is 2.43 bits per heavy atom. The lowest BCUT2D eigenvalue weighted by Crippen LogP contribution is -2.55. The lowest BCUT2D eigenvalue weighted by molar-refractivity contribution is 0.0276. The van der Waals surface area contributed by atoms with Gasteiger partial charge in [-0.1, -0.05) is 13.8 Å². The van der Waals surface area contributed by atoms with Crippen LogP contribution in [0.4, 0.5) is 0 Å². The van der Waals surface area contributed by atoms with Crippen LogP contribution in [0.1, 0.15) is 33.1 Å². The van der Waals surface area contributed by atoms with Crippen LogP contribution < -0.4 is 5.32 Å². The van der Waals surface area contributed by atoms with E-state index in [0.717, 1.165) is 23.9 Å². The van der Waals surface area contributed by atoms with Crippen molar-refractivity contribution in [3.8, 4) is 0 Å². The van der Waals surface area contributed by atoms with Crippen LogP contribution in [0, 0.1) is 11.8 Å². The van der Waals surface area contributed by atoms with Gasteiger partial charge in [0.2, 0.25) is 0 Å². The zero-order valence-electron chi connectivity index (χ0n) is 9.79. The molecule has 2 rings (SSSR count). The summed E-state index contributed by atoms with van der Waals surface area (Å²) in [6.07, 6.45) is 4.23. The van der Waals surface area contributed by atoms with Gasteiger partial charge in [-0.05, 0) is 38.1 Å². The molecule has 4 atom stereocenters. The molecule has 0 spiro atoms. The third-order valence-corrected chi connectivity index (χ3v) is 4.14. The summed E-state index contributed by atoms with van der Waals surface area (Å²) in [4.78, 5) is 2.73. The molecular formula is C12H24N2. The largest absolute Gasteiger partial charge is 0.316 e. The minimum absolute atomic E-state index is 0.728. The first kappa shape index (κ1) is 10.4. The van der Waals surface area contributed by atoms with Crippen molar-refractivity contribution in [3.63, 3.8) is 0 Å². The van der Waals surface area contributed by atoms with E-state index in [1.165, 1.54) is 32.4 Å². The van der Waals surface area contributed by atoms with E-state index in [9.17, 15) is 0 Å². The predicted octanol–water partition coefficient (Wildman–Crippen LogP) is 1.71. The molecule has 1 heterocycles. The Labute approximate surface area is 88.1 Å². The van der Waals surface area contributed by atoms with Crippen molar-refractivity contribution < 1.29 is 0 Å². The number of piperidine rings is 1. The molecule has 2 aliphatic rings. The molecular weight excluding hydrogens is 172 g/mol. The fraction of sp³-hybridized carbons (Fsp3) is 1.00. The molecule has 2 nitrogen and oxygen atoms in total. The Balaban J connectivity index is 1.91. The second kappa shape index (κ2) is 4.19. The summed E-state index contributed by atoms with van der Waals surface area (Å²) in [6, 6.07) is 1.63. The van der Waals surface area contributed by atoms with Crippen molar-refractivity contribution in [1.82, 2.24) is 10.2 Å². The fourth-order valence-electron chi connectivity index (χ4n) is 3.06. The summed E-state index contributed by atoms with van der Waals surface area (Å²) in [6.45, 7) is 7.39. The van der Waals surface area contributed by atoms with Crippen molar-refractivity contribution in [2.75, 3.05) is 20.1 Å². The molecule has 0 aromatic heterocycles. The average Bonchev–Trinajstić information content (AvgIpc) is 2.14. The predicted molar refractivity (Wildman–Crippen MR) is 60.4 cm³/mol. The second-order valence-electron chi connectivity index (χ2n) is 5.40. The first-order valence-corrected chi connectivity index (χ1v) is 6.12. The monoisotopic (exact) mass is 196 g/mol. The van der Waals surface area contributed by atoms with Gasteiger partial charge in [-0.2, -0.15) is 0 Å². The Morgan fingerprint density at radius 1 is 1.14 bits per heavy atom. The van der Waals surface area contributed by atoms with E-state index in [0.29, 0.717) is 0 Å². The SMILES string of the molecule is CNC1CC(C)CN(C2CCC2C)C1. The van der Waals surface area contributed by atoms with E-state index in [2.05, 4.69) is 31.1 Å². The highest BCUT2D eigenvalue weighted by Gasteiger charge is 2.35. The van der Waals surface area contributed by atoms with Gasteiger partial charge in [0.15, 0.2) is 0 Å². The molecule has 1 aliphatic carbocycles. The zero-order chi connectivity index (χ0) is 10.1. The third kappa shape index (κ3) is 1.96. The zero-order valence-corrected chi connectivity index (χ0v) is 9.79. The summed E-state index contributed by atoms with van der Waals surface area (Å²) in [5, 5.41) is 3.44. The topological polar surface area (TPSA) is 15.3 Å². The van der Waals surface area contributed by atoms with E-state index in [4.69, 9.17) is 0 Å². The molecule has 0 aromatic rings. The van der Waals surface area contributed by atoms with Crippen LogP contribution >= 0.6 is 0 Å². The summed E-state index contributed by atoms with van der Waals surface area (Å²) in [5.41, 5.74) is 0. The fourth-order valence-corrected chi connectivity index (χ4v) is 3.06. The van der Waals surface area contributed by atoms with Crippen LogP contribution in [-0.2, 0) is 0 Å². The summed E-state index contributed by atoms with van der Waals surface area (Å²) < 4.78 is 0. The van der Waals surface area contributed by atoms with Crippen LogP contribution in [0.5, 0.6) is 0 Å². The van der Waals surface area contributed by atoms with E-state index in [1.54, 1.807) is 0 Å². The van der Waals surface area contributed by atoms with E-state index in [-0.39, 0.29) is 0 Å². The van der Waals surface area contributed by atoms with Crippen LogP contribution in [0.2, 0.25) is 0 Å². The first-order chi connectivity index (χ1) is 6.70. The minimum atomic E-state index is 0.728. The summed E-state index contributed by atoms with van der Waals surface area (Å²) >= 11 is 0. The maximum atomic E-state index is 3.44. The summed E-state index contributed by atoms with van der Waals surface area (Å²) in [5.74, 6) is 1.81. The molecule has 2 fully saturated rings. The Kier molecular flexibility index (Phi) is 3.13. The van der Waals surface area contributed by atoms with Crippen LogP contribution in [-0.4, -0.2) is 37.1 Å². The number of rotatable bonds is 2. The van der Waals surface area contributed by atoms with E-state index >= 15 is 0 Å². The molecule has 4 unspecified atom stereocenters. The Morgan fingerprint density at radius 2 is 1.93 bits per heavy atom. The quantitative estimate of drug-likeness (QED) is 0.723. The highest BCUT2D eigenvalue weighted by atomic mass is 15.2. The minimum Gasteiger partial charge on any atom is -0.316 e. The smallest absolute Gasteiger partial charge is 0.0195 e. The lowest BCUT2D eigenvalue weighted by Gasteiger charge is -2.48. The molecule has 0 amide bonds. The molecule has 0 aromatic carbocycles. The Hall–Kier alpha value is -0.0800. The first-order valence-electron chi connectivity index (χ1n) is 6.12. The van der Waals surface area contributed by atoms with Gasteiger partial charge in [-0.15, -0.1) is 0 Å². The summed E-state index contributed by atoms with van der Waals surface area (Å²) in [7, 11) is 2.10. The number of hydrogen-bond acceptors (Lipinski definition) is 2. The van der Waals surface area contributed by atoms with Gasteiger partial charge in [-0.25, -0.2) is 0 Å². The van der Waals surface area contributed by atoms with Crippen LogP contribution in [0.15, 0.2) is 0 Å². The number of likely N-dealkylation sites (tertiary alicyclic amines) is 1. The molecule has 14 heavy (non-hydrogen) atoms. The standard InChI is InChI=1S/C12H24N2/c1-9-6-11(13-3)8-14(7-9)12-5-4-10(12)2/h9-13H,4-8H2,1-3H3. The Bertz CT molecular complexity index is 193. The van der Waals surface area contributed by atoms with Gasteiger partial charge in [0, 0.05) is 25.2 Å². The van der Waals surface area contributed by atoms with Crippen molar-refractivity contribution in [2.45, 2.75) is 45.2 Å². The highest BCUT2D eigenvalue weighted by Crippen LogP contribution is 2.34. The average molecular weight is 196 g/mol. The number of nitrogens with one attached hydrogen (secondary N) is 1. The van der Waals surface area contributed by atoms with Crippen molar-refractivity contribution in [3.05, 3.63) is 0 Å². The van der Waals surface area contributed by atoms with Crippen LogP contribution in [0.25, 0.3) is 0 Å². The molecule has 1 saturated carbocycles. The van der Waals surface area contributed by atoms with Gasteiger partial charge in [0.05, 0.1) is 0 Å². The third-order valence-electron chi connectivity index (χ3n) is 4.14. The second-order valence-corrected chi connectivity index (χ2v) is 5.40. The molecule has 0 bridgehead atoms. The number of likely N-dealkylation sites (N-methyl/N-ethyl adjacent to an activating group) is 1.